The predicted molar refractivity (Wildman–Crippen MR) is 55.9 cm³/mol. The van der Waals surface area contributed by atoms with Crippen LogP contribution in [-0.4, -0.2) is 22.7 Å². The first-order valence-electron chi connectivity index (χ1n) is 4.24. The zero-order valence-corrected chi connectivity index (χ0v) is 8.60. The Balaban J connectivity index is 2.84. The third kappa shape index (κ3) is 2.94. The molecule has 1 aliphatic heterocycles. The van der Waals surface area contributed by atoms with Gasteiger partial charge in [0.25, 0.3) is 0 Å². The number of ether oxygens (including phenoxy) is 1. The van der Waals surface area contributed by atoms with Gasteiger partial charge in [-0.3, -0.25) is 0 Å². The van der Waals surface area contributed by atoms with E-state index < -0.39 is 11.2 Å². The van der Waals surface area contributed by atoms with Crippen molar-refractivity contribution in [1.29, 1.82) is 0 Å². The van der Waals surface area contributed by atoms with Crippen LogP contribution in [-0.2, 0) is 15.9 Å². The minimum absolute atomic E-state index is 0.542. The lowest BCUT2D eigenvalue weighted by Gasteiger charge is -2.06. The second kappa shape index (κ2) is 5.14. The maximum atomic E-state index is 11.4. The normalized spacial score (nSPS) is 29.8. The first kappa shape index (κ1) is 10.4. The molecule has 0 radical (unpaired) electrons. The summed E-state index contributed by atoms with van der Waals surface area (Å²) in [4.78, 5) is 0. The molecule has 1 rings (SSSR count). The molecule has 1 fully saturated rings. The maximum Gasteiger partial charge on any atom is 0.139 e. The highest BCUT2D eigenvalue weighted by Crippen LogP contribution is 2.18. The molecule has 0 aliphatic carbocycles. The molecule has 2 nitrogen and oxygen atoms in total. The molecule has 0 bridgehead atoms. The van der Waals surface area contributed by atoms with Crippen molar-refractivity contribution in [3.63, 3.8) is 0 Å². The molecule has 0 spiro atoms. The number of hydrogen-bond acceptors (Lipinski definition) is 2. The molecule has 0 N–H and O–H groups in total. The summed E-state index contributed by atoms with van der Waals surface area (Å²) in [6.07, 6.45) is 5.46. The molecule has 0 aromatic rings. The van der Waals surface area contributed by atoms with Crippen LogP contribution in [0, 0.1) is 0 Å². The van der Waals surface area contributed by atoms with Crippen molar-refractivity contribution in [2.75, 3.05) is 18.1 Å². The molecule has 1 atom stereocenters. The topological polar surface area (TPSA) is 32.3 Å². The quantitative estimate of drug-likeness (QED) is 0.602. The van der Waals surface area contributed by atoms with Crippen molar-refractivity contribution in [1.82, 2.24) is 0 Å². The van der Waals surface area contributed by atoms with Gasteiger partial charge < -0.3 is 9.29 Å². The van der Waals surface area contributed by atoms with Crippen LogP contribution >= 0.6 is 0 Å². The second-order valence-electron chi connectivity index (χ2n) is 2.72. The summed E-state index contributed by atoms with van der Waals surface area (Å²) in [5.74, 6) is 2.03. The van der Waals surface area contributed by atoms with E-state index in [2.05, 4.69) is 6.58 Å². The molecule has 1 aliphatic rings. The summed E-state index contributed by atoms with van der Waals surface area (Å²) >= 11 is -0.793. The Labute approximate surface area is 82.2 Å². The first-order valence-corrected chi connectivity index (χ1v) is 5.72. The van der Waals surface area contributed by atoms with Crippen molar-refractivity contribution in [2.45, 2.75) is 6.92 Å². The first-order chi connectivity index (χ1) is 6.27. The van der Waals surface area contributed by atoms with Crippen molar-refractivity contribution in [3.8, 4) is 0 Å². The Morgan fingerprint density at radius 3 is 3.00 bits per heavy atom. The standard InChI is InChI=1S/C10H14O2S/c1-3-5-9-8-13(11)7-6-12-10(9)4-2/h3-5H,1,6-8H2,2H3/b9-5-,10-4+. The molecule has 0 amide bonds. The van der Waals surface area contributed by atoms with Crippen LogP contribution < -0.4 is 0 Å². The van der Waals surface area contributed by atoms with Gasteiger partial charge in [0.05, 0.1) is 0 Å². The molecule has 0 aromatic heterocycles. The molecule has 1 unspecified atom stereocenters. The Morgan fingerprint density at radius 2 is 2.38 bits per heavy atom. The van der Waals surface area contributed by atoms with E-state index >= 15 is 0 Å². The number of allylic oxidation sites excluding steroid dienone is 4. The van der Waals surface area contributed by atoms with E-state index in [4.69, 9.17) is 4.74 Å². The van der Waals surface area contributed by atoms with Gasteiger partial charge in [-0.2, -0.15) is 0 Å². The van der Waals surface area contributed by atoms with Gasteiger partial charge in [0, 0.05) is 5.57 Å². The monoisotopic (exact) mass is 198 g/mol. The lowest BCUT2D eigenvalue weighted by molar-refractivity contribution is 0.242. The van der Waals surface area contributed by atoms with Gasteiger partial charge in [-0.05, 0) is 24.2 Å². The fourth-order valence-electron chi connectivity index (χ4n) is 1.20. The van der Waals surface area contributed by atoms with Crippen molar-refractivity contribution < 1.29 is 9.29 Å². The van der Waals surface area contributed by atoms with Crippen LogP contribution in [0.5, 0.6) is 0 Å². The van der Waals surface area contributed by atoms with E-state index in [1.807, 2.05) is 19.1 Å². The number of hydrogen-bond donors (Lipinski definition) is 0. The summed E-state index contributed by atoms with van der Waals surface area (Å²) < 4.78 is 16.8. The third-order valence-electron chi connectivity index (χ3n) is 1.78. The molecule has 0 aromatic carbocycles. The van der Waals surface area contributed by atoms with Crippen molar-refractivity contribution in [2.24, 2.45) is 0 Å². The van der Waals surface area contributed by atoms with Crippen molar-refractivity contribution >= 4 is 11.2 Å². The molecule has 13 heavy (non-hydrogen) atoms. The van der Waals surface area contributed by atoms with E-state index in [1.165, 1.54) is 0 Å². The van der Waals surface area contributed by atoms with Crippen LogP contribution in [0.15, 0.2) is 36.1 Å². The Morgan fingerprint density at radius 1 is 1.62 bits per heavy atom. The van der Waals surface area contributed by atoms with Crippen LogP contribution in [0.3, 0.4) is 0 Å². The van der Waals surface area contributed by atoms with Gasteiger partial charge in [-0.1, -0.05) is 18.7 Å². The highest BCUT2D eigenvalue weighted by Gasteiger charge is 2.18. The largest absolute Gasteiger partial charge is 0.616 e. The third-order valence-corrected chi connectivity index (χ3v) is 3.04. The van der Waals surface area contributed by atoms with E-state index in [1.54, 1.807) is 6.08 Å². The summed E-state index contributed by atoms with van der Waals surface area (Å²) in [6, 6.07) is 0. The molecular formula is C10H14O2S. The van der Waals surface area contributed by atoms with Crippen LogP contribution in [0.4, 0.5) is 0 Å². The van der Waals surface area contributed by atoms with E-state index in [0.717, 1.165) is 11.3 Å². The Kier molecular flexibility index (Phi) is 4.12. The van der Waals surface area contributed by atoms with Crippen molar-refractivity contribution in [3.05, 3.63) is 36.1 Å². The van der Waals surface area contributed by atoms with Gasteiger partial charge >= 0.3 is 0 Å². The zero-order chi connectivity index (χ0) is 9.68. The predicted octanol–water partition coefficient (Wildman–Crippen LogP) is 1.78. The van der Waals surface area contributed by atoms with Gasteiger partial charge in [0.2, 0.25) is 0 Å². The van der Waals surface area contributed by atoms with Gasteiger partial charge in [0.15, 0.2) is 0 Å². The van der Waals surface area contributed by atoms with Crippen LogP contribution in [0.1, 0.15) is 6.92 Å². The molecule has 72 valence electrons. The SMILES string of the molecule is C=C/C=C1/C[S+]([O-])CCO/C1=C/C. The minimum atomic E-state index is -0.793. The average Bonchev–Trinajstić information content (AvgIpc) is 2.28. The van der Waals surface area contributed by atoms with E-state index in [-0.39, 0.29) is 0 Å². The molecule has 1 saturated heterocycles. The van der Waals surface area contributed by atoms with E-state index in [9.17, 15) is 4.55 Å². The molecule has 0 saturated carbocycles. The highest BCUT2D eigenvalue weighted by atomic mass is 32.2. The summed E-state index contributed by atoms with van der Waals surface area (Å²) in [7, 11) is 0. The van der Waals surface area contributed by atoms with Gasteiger partial charge in [-0.25, -0.2) is 0 Å². The summed E-state index contributed by atoms with van der Waals surface area (Å²) in [5, 5.41) is 0. The zero-order valence-electron chi connectivity index (χ0n) is 7.79. The lowest BCUT2D eigenvalue weighted by Crippen LogP contribution is -2.11. The Hall–Kier alpha value is -0.670. The summed E-state index contributed by atoms with van der Waals surface area (Å²) in [6.45, 7) is 6.08. The fraction of sp³-hybridized carbons (Fsp3) is 0.400. The van der Waals surface area contributed by atoms with Gasteiger partial charge in [0.1, 0.15) is 23.9 Å². The van der Waals surface area contributed by atoms with E-state index in [0.29, 0.717) is 18.1 Å². The molecule has 3 heteroatoms. The van der Waals surface area contributed by atoms with Crippen LogP contribution in [0.2, 0.25) is 0 Å². The average molecular weight is 198 g/mol. The fourth-order valence-corrected chi connectivity index (χ4v) is 2.19. The highest BCUT2D eigenvalue weighted by molar-refractivity contribution is 7.91. The maximum absolute atomic E-state index is 11.4. The van der Waals surface area contributed by atoms with Gasteiger partial charge in [-0.15, -0.1) is 0 Å². The Bertz CT molecular complexity index is 243. The van der Waals surface area contributed by atoms with Crippen LogP contribution in [0.25, 0.3) is 0 Å². The lowest BCUT2D eigenvalue weighted by atomic mass is 10.2. The smallest absolute Gasteiger partial charge is 0.139 e. The summed E-state index contributed by atoms with van der Waals surface area (Å²) in [5.41, 5.74) is 0.980. The minimum Gasteiger partial charge on any atom is -0.616 e. The molecular weight excluding hydrogens is 184 g/mol. The molecule has 1 heterocycles. The number of rotatable bonds is 1. The second-order valence-corrected chi connectivity index (χ2v) is 4.29.